The normalized spacial score (nSPS) is 12.3. The highest BCUT2D eigenvalue weighted by molar-refractivity contribution is 5.76. The zero-order valence-electron chi connectivity index (χ0n) is 10.8. The summed E-state index contributed by atoms with van der Waals surface area (Å²) in [5.41, 5.74) is 3.49. The van der Waals surface area contributed by atoms with Crippen LogP contribution in [0.1, 0.15) is 26.7 Å². The molecule has 92 valence electrons. The fourth-order valence-corrected chi connectivity index (χ4v) is 1.58. The Morgan fingerprint density at radius 3 is 2.83 bits per heavy atom. The van der Waals surface area contributed by atoms with Crippen LogP contribution in [0, 0.1) is 0 Å². The summed E-state index contributed by atoms with van der Waals surface area (Å²) in [6.45, 7) is 6.07. The van der Waals surface area contributed by atoms with E-state index in [1.807, 2.05) is 57.2 Å². The molecule has 0 spiro atoms. The molecule has 0 bridgehead atoms. The second-order valence-corrected chi connectivity index (χ2v) is 4.21. The molecule has 0 aliphatic rings. The number of hydrogen-bond donors (Lipinski definition) is 0. The number of pyridine rings is 1. The van der Waals surface area contributed by atoms with E-state index >= 15 is 0 Å². The summed E-state index contributed by atoms with van der Waals surface area (Å²) in [5, 5.41) is 0. The molecule has 2 aromatic rings. The second-order valence-electron chi connectivity index (χ2n) is 4.21. The lowest BCUT2D eigenvalue weighted by molar-refractivity contribution is 0.585. The Bertz CT molecular complexity index is 596. The number of aromatic nitrogens is 2. The van der Waals surface area contributed by atoms with Crippen LogP contribution in [0.15, 0.2) is 52.6 Å². The minimum Gasteiger partial charge on any atom is -0.434 e. The molecular weight excluding hydrogens is 224 g/mol. The smallest absolute Gasteiger partial charge is 0.228 e. The molecule has 3 nitrogen and oxygen atoms in total. The lowest BCUT2D eigenvalue weighted by Gasteiger charge is -1.96. The van der Waals surface area contributed by atoms with Crippen molar-refractivity contribution in [3.05, 3.63) is 54.1 Å². The van der Waals surface area contributed by atoms with E-state index in [1.165, 1.54) is 5.57 Å². The number of allylic oxidation sites excluding steroid dienone is 6. The van der Waals surface area contributed by atoms with Gasteiger partial charge in [-0.15, -0.1) is 0 Å². The minimum atomic E-state index is 0.600. The van der Waals surface area contributed by atoms with E-state index in [4.69, 9.17) is 4.42 Å². The van der Waals surface area contributed by atoms with Crippen molar-refractivity contribution in [2.75, 3.05) is 0 Å². The second kappa shape index (κ2) is 5.45. The van der Waals surface area contributed by atoms with Gasteiger partial charge in [0.1, 0.15) is 0 Å². The minimum absolute atomic E-state index is 0.600. The first-order valence-corrected chi connectivity index (χ1v) is 5.90. The zero-order valence-corrected chi connectivity index (χ0v) is 10.8. The maximum Gasteiger partial charge on any atom is 0.228 e. The lowest BCUT2D eigenvalue weighted by atomic mass is 10.1. The van der Waals surface area contributed by atoms with Gasteiger partial charge in [-0.25, -0.2) is 4.98 Å². The Morgan fingerprint density at radius 1 is 1.33 bits per heavy atom. The summed E-state index contributed by atoms with van der Waals surface area (Å²) in [5.74, 6) is 0.600. The third kappa shape index (κ3) is 2.74. The van der Waals surface area contributed by atoms with Crippen LogP contribution < -0.4 is 0 Å². The van der Waals surface area contributed by atoms with Crippen LogP contribution in [0.5, 0.6) is 0 Å². The molecule has 2 heterocycles. The van der Waals surface area contributed by atoms with Crippen molar-refractivity contribution < 1.29 is 4.42 Å². The van der Waals surface area contributed by atoms with E-state index in [-0.39, 0.29) is 0 Å². The first-order valence-electron chi connectivity index (χ1n) is 5.90. The molecule has 2 aromatic heterocycles. The molecule has 0 radical (unpaired) electrons. The van der Waals surface area contributed by atoms with E-state index in [1.54, 1.807) is 6.20 Å². The maximum absolute atomic E-state index is 5.71. The monoisotopic (exact) mass is 240 g/mol. The quantitative estimate of drug-likeness (QED) is 0.756. The van der Waals surface area contributed by atoms with Crippen LogP contribution >= 0.6 is 0 Å². The molecule has 0 atom stereocenters. The summed E-state index contributed by atoms with van der Waals surface area (Å²) >= 11 is 0. The highest BCUT2D eigenvalue weighted by atomic mass is 16.3. The van der Waals surface area contributed by atoms with Crippen LogP contribution in [0.25, 0.3) is 16.8 Å². The summed E-state index contributed by atoms with van der Waals surface area (Å²) in [4.78, 5) is 8.57. The summed E-state index contributed by atoms with van der Waals surface area (Å²) < 4.78 is 5.71. The number of fused-ring (bicyclic) bond motifs is 1. The Labute approximate surface area is 107 Å². The number of nitrogens with zero attached hydrogens (tertiary/aromatic N) is 2. The third-order valence-corrected chi connectivity index (χ3v) is 2.32. The summed E-state index contributed by atoms with van der Waals surface area (Å²) in [6, 6.07) is 3.71. The van der Waals surface area contributed by atoms with Crippen molar-refractivity contribution in [2.45, 2.75) is 20.8 Å². The molecule has 18 heavy (non-hydrogen) atoms. The van der Waals surface area contributed by atoms with Crippen molar-refractivity contribution >= 4 is 16.8 Å². The van der Waals surface area contributed by atoms with Crippen molar-refractivity contribution in [2.24, 2.45) is 0 Å². The number of rotatable bonds is 3. The van der Waals surface area contributed by atoms with Crippen LogP contribution in [0.2, 0.25) is 0 Å². The zero-order chi connectivity index (χ0) is 13.0. The van der Waals surface area contributed by atoms with Crippen LogP contribution in [-0.4, -0.2) is 9.97 Å². The van der Waals surface area contributed by atoms with E-state index in [0.717, 1.165) is 5.57 Å². The summed E-state index contributed by atoms with van der Waals surface area (Å²) in [6.07, 6.45) is 9.68. The van der Waals surface area contributed by atoms with Gasteiger partial charge >= 0.3 is 0 Å². The van der Waals surface area contributed by atoms with Gasteiger partial charge < -0.3 is 4.42 Å². The van der Waals surface area contributed by atoms with Gasteiger partial charge in [0.25, 0.3) is 0 Å². The first-order chi connectivity index (χ1) is 8.70. The standard InChI is InChI=1S/C15H16N2O/c1-4-5-7-12(10-11(2)3)15-17-14-13(18-15)8-6-9-16-14/h4-10H,1-3H3/b5-4+,12-7+. The fraction of sp³-hybridized carbons (Fsp3) is 0.200. The largest absolute Gasteiger partial charge is 0.434 e. The number of hydrogen-bond acceptors (Lipinski definition) is 3. The molecule has 0 aliphatic carbocycles. The Kier molecular flexibility index (Phi) is 3.72. The van der Waals surface area contributed by atoms with Gasteiger partial charge in [0.05, 0.1) is 0 Å². The topological polar surface area (TPSA) is 38.9 Å². The maximum atomic E-state index is 5.71. The lowest BCUT2D eigenvalue weighted by Crippen LogP contribution is -1.82. The molecule has 0 aliphatic heterocycles. The van der Waals surface area contributed by atoms with Gasteiger partial charge in [0, 0.05) is 11.8 Å². The highest BCUT2D eigenvalue weighted by Gasteiger charge is 2.08. The van der Waals surface area contributed by atoms with Gasteiger partial charge in [0.15, 0.2) is 11.2 Å². The molecule has 0 aromatic carbocycles. The summed E-state index contributed by atoms with van der Waals surface area (Å²) in [7, 11) is 0. The average molecular weight is 240 g/mol. The van der Waals surface area contributed by atoms with E-state index in [9.17, 15) is 0 Å². The van der Waals surface area contributed by atoms with Gasteiger partial charge in [0.2, 0.25) is 5.89 Å². The van der Waals surface area contributed by atoms with Crippen molar-refractivity contribution in [1.82, 2.24) is 9.97 Å². The van der Waals surface area contributed by atoms with Crippen molar-refractivity contribution in [3.8, 4) is 0 Å². The van der Waals surface area contributed by atoms with Gasteiger partial charge in [-0.1, -0.05) is 23.8 Å². The average Bonchev–Trinajstić information content (AvgIpc) is 2.77. The number of oxazole rings is 1. The van der Waals surface area contributed by atoms with Crippen molar-refractivity contribution in [3.63, 3.8) is 0 Å². The first kappa shape index (κ1) is 12.3. The van der Waals surface area contributed by atoms with Crippen LogP contribution in [0.3, 0.4) is 0 Å². The molecule has 0 saturated heterocycles. The highest BCUT2D eigenvalue weighted by Crippen LogP contribution is 2.21. The molecule has 0 fully saturated rings. The van der Waals surface area contributed by atoms with E-state index in [0.29, 0.717) is 17.1 Å². The predicted molar refractivity (Wildman–Crippen MR) is 74.0 cm³/mol. The Morgan fingerprint density at radius 2 is 2.17 bits per heavy atom. The SMILES string of the molecule is C/C=C/C=C(\C=C(C)C)c1nc2ncccc2o1. The third-order valence-electron chi connectivity index (χ3n) is 2.32. The molecule has 0 unspecified atom stereocenters. The Hall–Kier alpha value is -2.16. The van der Waals surface area contributed by atoms with Gasteiger partial charge in [-0.05, 0) is 39.0 Å². The molecule has 0 amide bonds. The molecule has 0 N–H and O–H groups in total. The van der Waals surface area contributed by atoms with Crippen molar-refractivity contribution in [1.29, 1.82) is 0 Å². The molecular formula is C15H16N2O. The Balaban J connectivity index is 2.51. The molecule has 2 rings (SSSR count). The predicted octanol–water partition coefficient (Wildman–Crippen LogP) is 4.15. The molecule has 0 saturated carbocycles. The van der Waals surface area contributed by atoms with Gasteiger partial charge in [-0.3, -0.25) is 0 Å². The molecule has 3 heteroatoms. The van der Waals surface area contributed by atoms with Crippen LogP contribution in [0.4, 0.5) is 0 Å². The van der Waals surface area contributed by atoms with Crippen LogP contribution in [-0.2, 0) is 0 Å². The fourth-order valence-electron chi connectivity index (χ4n) is 1.58. The van der Waals surface area contributed by atoms with E-state index < -0.39 is 0 Å². The van der Waals surface area contributed by atoms with E-state index in [2.05, 4.69) is 9.97 Å². The van der Waals surface area contributed by atoms with Gasteiger partial charge in [-0.2, -0.15) is 4.98 Å².